The van der Waals surface area contributed by atoms with E-state index in [0.717, 1.165) is 38.3 Å². The normalized spacial score (nSPS) is 23.4. The molecule has 5 nitrogen and oxygen atoms in total. The molecule has 2 rings (SSSR count). The molecule has 0 radical (unpaired) electrons. The molecular weight excluding hydrogens is 240 g/mol. The number of rotatable bonds is 5. The topological polar surface area (TPSA) is 64.3 Å². The van der Waals surface area contributed by atoms with Gasteiger partial charge in [-0.3, -0.25) is 0 Å². The summed E-state index contributed by atoms with van der Waals surface area (Å²) in [6.07, 6.45) is 4.85. The summed E-state index contributed by atoms with van der Waals surface area (Å²) in [5.74, 6) is 1.95. The summed E-state index contributed by atoms with van der Waals surface area (Å²) in [6, 6.07) is 2.12. The second kappa shape index (κ2) is 6.70. The molecule has 0 bridgehead atoms. The Balaban J connectivity index is 2.04. The molecule has 0 amide bonds. The largest absolute Gasteiger partial charge is 0.478 e. The van der Waals surface area contributed by atoms with Gasteiger partial charge in [0, 0.05) is 31.4 Å². The van der Waals surface area contributed by atoms with Crippen molar-refractivity contribution < 1.29 is 4.74 Å². The van der Waals surface area contributed by atoms with Gasteiger partial charge in [0.25, 0.3) is 0 Å². The highest BCUT2D eigenvalue weighted by atomic mass is 16.5. The van der Waals surface area contributed by atoms with Gasteiger partial charge >= 0.3 is 0 Å². The van der Waals surface area contributed by atoms with Crippen LogP contribution in [-0.4, -0.2) is 35.7 Å². The monoisotopic (exact) mass is 264 g/mol. The molecule has 0 saturated carbocycles. The minimum Gasteiger partial charge on any atom is -0.478 e. The Hall–Kier alpha value is -1.36. The third-order valence-electron chi connectivity index (χ3n) is 3.67. The number of ether oxygens (including phenoxy) is 1. The van der Waals surface area contributed by atoms with E-state index in [1.807, 2.05) is 6.07 Å². The lowest BCUT2D eigenvalue weighted by atomic mass is 9.91. The maximum absolute atomic E-state index is 6.13. The maximum Gasteiger partial charge on any atom is 0.228 e. The van der Waals surface area contributed by atoms with Crippen molar-refractivity contribution in [3.05, 3.63) is 12.3 Å². The second-order valence-electron chi connectivity index (χ2n) is 5.11. The molecule has 0 aliphatic carbocycles. The summed E-state index contributed by atoms with van der Waals surface area (Å²) in [5.41, 5.74) is 6.13. The van der Waals surface area contributed by atoms with E-state index in [1.165, 1.54) is 0 Å². The molecule has 0 aromatic carbocycles. The molecule has 1 fully saturated rings. The van der Waals surface area contributed by atoms with Crippen molar-refractivity contribution >= 4 is 5.95 Å². The predicted molar refractivity (Wildman–Crippen MR) is 76.4 cm³/mol. The van der Waals surface area contributed by atoms with Crippen LogP contribution in [-0.2, 0) is 0 Å². The molecule has 2 heterocycles. The number of hydrogen-bond acceptors (Lipinski definition) is 5. The third kappa shape index (κ3) is 3.56. The fourth-order valence-electron chi connectivity index (χ4n) is 2.44. The molecule has 2 unspecified atom stereocenters. The highest BCUT2D eigenvalue weighted by Crippen LogP contribution is 2.22. The zero-order valence-electron chi connectivity index (χ0n) is 11.9. The van der Waals surface area contributed by atoms with Crippen molar-refractivity contribution in [3.63, 3.8) is 0 Å². The van der Waals surface area contributed by atoms with Gasteiger partial charge in [-0.1, -0.05) is 20.3 Å². The Bertz CT molecular complexity index is 399. The Labute approximate surface area is 115 Å². The van der Waals surface area contributed by atoms with Crippen LogP contribution < -0.4 is 15.4 Å². The summed E-state index contributed by atoms with van der Waals surface area (Å²) in [4.78, 5) is 11.1. The maximum atomic E-state index is 6.13. The molecule has 5 heteroatoms. The van der Waals surface area contributed by atoms with Gasteiger partial charge in [0.15, 0.2) is 0 Å². The summed E-state index contributed by atoms with van der Waals surface area (Å²) in [6.45, 7) is 6.83. The first-order valence-electron chi connectivity index (χ1n) is 7.21. The fraction of sp³-hybridized carbons (Fsp3) is 0.714. The zero-order valence-corrected chi connectivity index (χ0v) is 11.9. The van der Waals surface area contributed by atoms with Gasteiger partial charge in [-0.05, 0) is 18.8 Å². The van der Waals surface area contributed by atoms with Crippen LogP contribution in [0.4, 0.5) is 5.95 Å². The SMILES string of the molecule is CCCOc1ccnc(N2CCC(N)C(CC)C2)n1. The minimum atomic E-state index is 0.306. The van der Waals surface area contributed by atoms with Crippen molar-refractivity contribution in [2.75, 3.05) is 24.6 Å². The molecule has 1 aliphatic heterocycles. The smallest absolute Gasteiger partial charge is 0.228 e. The van der Waals surface area contributed by atoms with Gasteiger partial charge < -0.3 is 15.4 Å². The van der Waals surface area contributed by atoms with Crippen molar-refractivity contribution in [2.45, 2.75) is 39.2 Å². The van der Waals surface area contributed by atoms with E-state index in [4.69, 9.17) is 10.5 Å². The van der Waals surface area contributed by atoms with Crippen LogP contribution in [0, 0.1) is 5.92 Å². The van der Waals surface area contributed by atoms with E-state index in [0.29, 0.717) is 24.4 Å². The van der Waals surface area contributed by atoms with Gasteiger partial charge in [0.2, 0.25) is 11.8 Å². The average molecular weight is 264 g/mol. The van der Waals surface area contributed by atoms with Gasteiger partial charge in [0.1, 0.15) is 0 Å². The Morgan fingerprint density at radius 2 is 2.32 bits per heavy atom. The van der Waals surface area contributed by atoms with E-state index in [9.17, 15) is 0 Å². The standard InChI is InChI=1S/C14H24N4O/c1-3-9-19-13-5-7-16-14(17-13)18-8-6-12(15)11(4-2)10-18/h5,7,11-12H,3-4,6,8-10,15H2,1-2H3. The summed E-state index contributed by atoms with van der Waals surface area (Å²) in [5, 5.41) is 0. The lowest BCUT2D eigenvalue weighted by Crippen LogP contribution is -2.47. The van der Waals surface area contributed by atoms with E-state index in [1.54, 1.807) is 6.20 Å². The van der Waals surface area contributed by atoms with Crippen molar-refractivity contribution in [3.8, 4) is 5.88 Å². The Kier molecular flexibility index (Phi) is 4.96. The molecular formula is C14H24N4O. The first-order valence-corrected chi connectivity index (χ1v) is 7.21. The molecule has 1 aromatic rings. The van der Waals surface area contributed by atoms with E-state index < -0.39 is 0 Å². The molecule has 1 saturated heterocycles. The predicted octanol–water partition coefficient (Wildman–Crippen LogP) is 1.83. The van der Waals surface area contributed by atoms with E-state index >= 15 is 0 Å². The summed E-state index contributed by atoms with van der Waals surface area (Å²) >= 11 is 0. The minimum absolute atomic E-state index is 0.306. The van der Waals surface area contributed by atoms with Crippen molar-refractivity contribution in [1.82, 2.24) is 9.97 Å². The number of piperidine rings is 1. The van der Waals surface area contributed by atoms with Crippen molar-refractivity contribution in [1.29, 1.82) is 0 Å². The van der Waals surface area contributed by atoms with E-state index in [-0.39, 0.29) is 0 Å². The lowest BCUT2D eigenvalue weighted by Gasteiger charge is -2.36. The summed E-state index contributed by atoms with van der Waals surface area (Å²) in [7, 11) is 0. The quantitative estimate of drug-likeness (QED) is 0.879. The molecule has 19 heavy (non-hydrogen) atoms. The second-order valence-corrected chi connectivity index (χ2v) is 5.11. The summed E-state index contributed by atoms with van der Waals surface area (Å²) < 4.78 is 5.56. The Morgan fingerprint density at radius 3 is 3.05 bits per heavy atom. The average Bonchev–Trinajstić information content (AvgIpc) is 2.46. The fourth-order valence-corrected chi connectivity index (χ4v) is 2.44. The first-order chi connectivity index (χ1) is 9.24. The van der Waals surface area contributed by atoms with Crippen LogP contribution >= 0.6 is 0 Å². The van der Waals surface area contributed by atoms with Gasteiger partial charge in [-0.25, -0.2) is 4.98 Å². The molecule has 106 valence electrons. The number of anilines is 1. The van der Waals surface area contributed by atoms with Crippen LogP contribution in [0.1, 0.15) is 33.1 Å². The Morgan fingerprint density at radius 1 is 1.47 bits per heavy atom. The number of nitrogens with zero attached hydrogens (tertiary/aromatic N) is 3. The third-order valence-corrected chi connectivity index (χ3v) is 3.67. The van der Waals surface area contributed by atoms with Crippen LogP contribution in [0.2, 0.25) is 0 Å². The van der Waals surface area contributed by atoms with Gasteiger partial charge in [-0.15, -0.1) is 0 Å². The molecule has 2 atom stereocenters. The highest BCUT2D eigenvalue weighted by Gasteiger charge is 2.26. The van der Waals surface area contributed by atoms with Crippen LogP contribution in [0.25, 0.3) is 0 Å². The zero-order chi connectivity index (χ0) is 13.7. The molecule has 1 aromatic heterocycles. The van der Waals surface area contributed by atoms with Crippen LogP contribution in [0.3, 0.4) is 0 Å². The van der Waals surface area contributed by atoms with Crippen LogP contribution in [0.15, 0.2) is 12.3 Å². The molecule has 0 spiro atoms. The number of hydrogen-bond donors (Lipinski definition) is 1. The number of nitrogens with two attached hydrogens (primary N) is 1. The molecule has 2 N–H and O–H groups in total. The van der Waals surface area contributed by atoms with Gasteiger partial charge in [0.05, 0.1) is 6.61 Å². The van der Waals surface area contributed by atoms with E-state index in [2.05, 4.69) is 28.7 Å². The first kappa shape index (κ1) is 14.1. The lowest BCUT2D eigenvalue weighted by molar-refractivity contribution is 0.303. The van der Waals surface area contributed by atoms with Crippen LogP contribution in [0.5, 0.6) is 5.88 Å². The number of aromatic nitrogens is 2. The highest BCUT2D eigenvalue weighted by molar-refractivity contribution is 5.33. The van der Waals surface area contributed by atoms with Gasteiger partial charge in [-0.2, -0.15) is 4.98 Å². The van der Waals surface area contributed by atoms with Crippen molar-refractivity contribution in [2.24, 2.45) is 11.7 Å². The molecule has 1 aliphatic rings.